The maximum absolute atomic E-state index is 12.4. The smallest absolute Gasteiger partial charge is 0.329 e. The van der Waals surface area contributed by atoms with Crippen molar-refractivity contribution < 1.29 is 14.7 Å². The molecule has 2 amide bonds. The summed E-state index contributed by atoms with van der Waals surface area (Å²) in [6, 6.07) is 1.41. The number of nitrogens with zero attached hydrogens (tertiary/aromatic N) is 2. The van der Waals surface area contributed by atoms with E-state index in [9.17, 15) is 14.7 Å². The van der Waals surface area contributed by atoms with E-state index in [2.05, 4.69) is 10.3 Å². The molecule has 0 bridgehead atoms. The van der Waals surface area contributed by atoms with E-state index in [0.29, 0.717) is 18.7 Å². The van der Waals surface area contributed by atoms with Gasteiger partial charge in [0, 0.05) is 12.7 Å². The van der Waals surface area contributed by atoms with Crippen molar-refractivity contribution in [3.8, 4) is 0 Å². The Labute approximate surface area is 117 Å². The lowest BCUT2D eigenvalue weighted by Crippen LogP contribution is -2.58. The van der Waals surface area contributed by atoms with E-state index in [1.165, 1.54) is 4.90 Å². The van der Waals surface area contributed by atoms with Gasteiger partial charge in [-0.2, -0.15) is 0 Å². The molecule has 1 aromatic rings. The molecule has 0 spiro atoms. The Morgan fingerprint density at radius 2 is 2.20 bits per heavy atom. The number of likely N-dealkylation sites (tertiary alicyclic amines) is 1. The van der Waals surface area contributed by atoms with Crippen molar-refractivity contribution in [2.75, 3.05) is 11.9 Å². The number of amides is 2. The van der Waals surface area contributed by atoms with Crippen molar-refractivity contribution in [2.45, 2.75) is 38.6 Å². The van der Waals surface area contributed by atoms with Gasteiger partial charge in [0.05, 0.1) is 11.9 Å². The average Bonchev–Trinajstić information content (AvgIpc) is 2.41. The van der Waals surface area contributed by atoms with Gasteiger partial charge in [-0.3, -0.25) is 4.98 Å². The summed E-state index contributed by atoms with van der Waals surface area (Å²) in [5.41, 5.74) is 0.358. The molecule has 1 aromatic heterocycles. The van der Waals surface area contributed by atoms with Crippen LogP contribution < -0.4 is 5.32 Å². The molecule has 0 radical (unpaired) electrons. The lowest BCUT2D eigenvalue weighted by atomic mass is 9.89. The van der Waals surface area contributed by atoms with Crippen LogP contribution in [0.1, 0.15) is 31.7 Å². The molecule has 20 heavy (non-hydrogen) atoms. The number of aliphatic carboxylic acids is 1. The van der Waals surface area contributed by atoms with Crippen LogP contribution in [-0.4, -0.2) is 39.1 Å². The number of aromatic nitrogens is 1. The highest BCUT2D eigenvalue weighted by atomic mass is 16.4. The van der Waals surface area contributed by atoms with Gasteiger partial charge in [-0.1, -0.05) is 0 Å². The van der Waals surface area contributed by atoms with Crippen molar-refractivity contribution in [1.82, 2.24) is 9.88 Å². The molecule has 1 saturated heterocycles. The van der Waals surface area contributed by atoms with Gasteiger partial charge in [0.2, 0.25) is 0 Å². The second kappa shape index (κ2) is 5.48. The number of carbonyl (C=O) groups excluding carboxylic acids is 1. The Balaban J connectivity index is 2.19. The molecule has 2 N–H and O–H groups in total. The van der Waals surface area contributed by atoms with Crippen LogP contribution in [-0.2, 0) is 4.79 Å². The Morgan fingerprint density at radius 1 is 1.45 bits per heavy atom. The first-order chi connectivity index (χ1) is 9.45. The minimum Gasteiger partial charge on any atom is -0.480 e. The predicted octanol–water partition coefficient (Wildman–Crippen LogP) is 2.25. The second-order valence-electron chi connectivity index (χ2n) is 5.31. The first kappa shape index (κ1) is 14.3. The molecular formula is C14H19N3O3. The Kier molecular flexibility index (Phi) is 3.92. The minimum absolute atomic E-state index is 0.384. The van der Waals surface area contributed by atoms with Gasteiger partial charge < -0.3 is 15.3 Å². The molecule has 0 aliphatic carbocycles. The van der Waals surface area contributed by atoms with Crippen molar-refractivity contribution in [1.29, 1.82) is 0 Å². The van der Waals surface area contributed by atoms with Crippen molar-refractivity contribution in [3.05, 3.63) is 24.0 Å². The summed E-state index contributed by atoms with van der Waals surface area (Å²) in [6.07, 6.45) is 5.32. The van der Waals surface area contributed by atoms with E-state index in [1.807, 2.05) is 6.92 Å². The van der Waals surface area contributed by atoms with Gasteiger partial charge >= 0.3 is 12.0 Å². The zero-order valence-electron chi connectivity index (χ0n) is 11.7. The molecule has 2 heterocycles. The molecule has 108 valence electrons. The lowest BCUT2D eigenvalue weighted by Gasteiger charge is -2.41. The van der Waals surface area contributed by atoms with E-state index >= 15 is 0 Å². The molecule has 0 saturated carbocycles. The molecule has 1 atom stereocenters. The molecule has 1 unspecified atom stereocenters. The van der Waals surface area contributed by atoms with Crippen LogP contribution in [0.15, 0.2) is 18.5 Å². The summed E-state index contributed by atoms with van der Waals surface area (Å²) in [7, 11) is 0. The first-order valence-electron chi connectivity index (χ1n) is 6.68. The number of rotatable bonds is 2. The standard InChI is InChI=1S/C14H19N3O3/c1-10-5-7-15-9-11(10)16-13(20)17-8-4-3-6-14(17,2)12(18)19/h5,7,9H,3-4,6,8H2,1-2H3,(H,16,20)(H,18,19). The number of urea groups is 1. The number of carbonyl (C=O) groups is 2. The third kappa shape index (κ3) is 2.59. The van der Waals surface area contributed by atoms with E-state index in [0.717, 1.165) is 18.4 Å². The van der Waals surface area contributed by atoms with Gasteiger partial charge in [-0.25, -0.2) is 9.59 Å². The van der Waals surface area contributed by atoms with Crippen LogP contribution in [0.3, 0.4) is 0 Å². The maximum atomic E-state index is 12.4. The highest BCUT2D eigenvalue weighted by Gasteiger charge is 2.44. The number of aryl methyl sites for hydroxylation is 1. The number of carboxylic acid groups (broad SMARTS) is 1. The molecule has 1 fully saturated rings. The molecular weight excluding hydrogens is 258 g/mol. The Bertz CT molecular complexity index is 532. The van der Waals surface area contributed by atoms with Crippen LogP contribution in [0.2, 0.25) is 0 Å². The fourth-order valence-electron chi connectivity index (χ4n) is 2.45. The zero-order chi connectivity index (χ0) is 14.8. The molecule has 2 rings (SSSR count). The highest BCUT2D eigenvalue weighted by molar-refractivity contribution is 5.94. The third-order valence-corrected chi connectivity index (χ3v) is 3.88. The normalized spacial score (nSPS) is 22.4. The number of carboxylic acids is 1. The van der Waals surface area contributed by atoms with Crippen LogP contribution in [0.4, 0.5) is 10.5 Å². The molecule has 6 nitrogen and oxygen atoms in total. The van der Waals surface area contributed by atoms with Crippen LogP contribution in [0, 0.1) is 6.92 Å². The summed E-state index contributed by atoms with van der Waals surface area (Å²) in [5, 5.41) is 12.2. The van der Waals surface area contributed by atoms with E-state index in [4.69, 9.17) is 0 Å². The van der Waals surface area contributed by atoms with Crippen LogP contribution >= 0.6 is 0 Å². The monoisotopic (exact) mass is 277 g/mol. The SMILES string of the molecule is Cc1ccncc1NC(=O)N1CCCCC1(C)C(=O)O. The van der Waals surface area contributed by atoms with Crippen molar-refractivity contribution >= 4 is 17.7 Å². The third-order valence-electron chi connectivity index (χ3n) is 3.88. The van der Waals surface area contributed by atoms with E-state index < -0.39 is 11.5 Å². The van der Waals surface area contributed by atoms with Gasteiger partial charge in [-0.15, -0.1) is 0 Å². The first-order valence-corrected chi connectivity index (χ1v) is 6.68. The van der Waals surface area contributed by atoms with Gasteiger partial charge in [0.15, 0.2) is 0 Å². The number of pyridine rings is 1. The van der Waals surface area contributed by atoms with Crippen LogP contribution in [0.5, 0.6) is 0 Å². The fraction of sp³-hybridized carbons (Fsp3) is 0.500. The van der Waals surface area contributed by atoms with Gasteiger partial charge in [0.1, 0.15) is 5.54 Å². The molecule has 6 heteroatoms. The summed E-state index contributed by atoms with van der Waals surface area (Å²) in [4.78, 5) is 29.2. The number of nitrogens with one attached hydrogen (secondary N) is 1. The fourth-order valence-corrected chi connectivity index (χ4v) is 2.45. The summed E-state index contributed by atoms with van der Waals surface area (Å²) >= 11 is 0. The van der Waals surface area contributed by atoms with Crippen molar-refractivity contribution in [3.63, 3.8) is 0 Å². The predicted molar refractivity (Wildman–Crippen MR) is 74.6 cm³/mol. The summed E-state index contributed by atoms with van der Waals surface area (Å²) < 4.78 is 0. The maximum Gasteiger partial charge on any atom is 0.329 e. The molecule has 0 aromatic carbocycles. The van der Waals surface area contributed by atoms with Gasteiger partial charge in [0.25, 0.3) is 0 Å². The quantitative estimate of drug-likeness (QED) is 0.868. The highest BCUT2D eigenvalue weighted by Crippen LogP contribution is 2.29. The summed E-state index contributed by atoms with van der Waals surface area (Å²) in [6.45, 7) is 3.92. The van der Waals surface area contributed by atoms with Gasteiger partial charge in [-0.05, 0) is 44.7 Å². The number of hydrogen-bond acceptors (Lipinski definition) is 3. The van der Waals surface area contributed by atoms with E-state index in [1.54, 1.807) is 25.4 Å². The molecule has 1 aliphatic heterocycles. The lowest BCUT2D eigenvalue weighted by molar-refractivity contribution is -0.150. The average molecular weight is 277 g/mol. The molecule has 1 aliphatic rings. The summed E-state index contributed by atoms with van der Waals surface area (Å²) in [5.74, 6) is -0.963. The number of anilines is 1. The van der Waals surface area contributed by atoms with Crippen LogP contribution in [0.25, 0.3) is 0 Å². The zero-order valence-corrected chi connectivity index (χ0v) is 11.7. The minimum atomic E-state index is -1.14. The topological polar surface area (TPSA) is 82.5 Å². The largest absolute Gasteiger partial charge is 0.480 e. The Morgan fingerprint density at radius 3 is 2.85 bits per heavy atom. The second-order valence-corrected chi connectivity index (χ2v) is 5.31. The van der Waals surface area contributed by atoms with Crippen molar-refractivity contribution in [2.24, 2.45) is 0 Å². The number of piperidine rings is 1. The Hall–Kier alpha value is -2.11. The van der Waals surface area contributed by atoms with E-state index in [-0.39, 0.29) is 6.03 Å². The number of hydrogen-bond donors (Lipinski definition) is 2.